The van der Waals surface area contributed by atoms with Crippen LogP contribution in [0.15, 0.2) is 54.7 Å². The van der Waals surface area contributed by atoms with Gasteiger partial charge in [0.2, 0.25) is 6.41 Å². The highest BCUT2D eigenvalue weighted by Crippen LogP contribution is 2.37. The lowest BCUT2D eigenvalue weighted by Crippen LogP contribution is -1.98. The number of aromatic nitrogens is 1. The van der Waals surface area contributed by atoms with Crippen molar-refractivity contribution in [1.29, 1.82) is 0 Å². The molecule has 0 fully saturated rings. The van der Waals surface area contributed by atoms with Gasteiger partial charge < -0.3 is 19.5 Å². The van der Waals surface area contributed by atoms with Crippen LogP contribution in [0.1, 0.15) is 26.2 Å². The van der Waals surface area contributed by atoms with Crippen molar-refractivity contribution in [2.45, 2.75) is 26.2 Å². The van der Waals surface area contributed by atoms with Crippen molar-refractivity contribution in [3.63, 3.8) is 0 Å². The van der Waals surface area contributed by atoms with Crippen LogP contribution in [-0.2, 0) is 9.59 Å². The lowest BCUT2D eigenvalue weighted by Gasteiger charge is -2.14. The summed E-state index contributed by atoms with van der Waals surface area (Å²) in [6, 6.07) is 9.29. The fraction of sp³-hybridized carbons (Fsp3) is 0.269. The van der Waals surface area contributed by atoms with Crippen LogP contribution in [0.4, 0.5) is 10.1 Å². The molecule has 9 heteroatoms. The van der Waals surface area contributed by atoms with Crippen LogP contribution < -0.4 is 19.5 Å². The first-order valence-electron chi connectivity index (χ1n) is 11.1. The summed E-state index contributed by atoms with van der Waals surface area (Å²) in [4.78, 5) is 25.8. The summed E-state index contributed by atoms with van der Waals surface area (Å²) < 4.78 is 31.6. The number of amides is 1. The number of benzene rings is 2. The smallest absolute Gasteiger partial charge is 0.211 e. The van der Waals surface area contributed by atoms with Gasteiger partial charge in [0.25, 0.3) is 0 Å². The Bertz CT molecular complexity index is 1200. The first kappa shape index (κ1) is 26.0. The second-order valence-corrected chi connectivity index (χ2v) is 8.73. The van der Waals surface area contributed by atoms with Gasteiger partial charge in [0.1, 0.15) is 12.4 Å². The van der Waals surface area contributed by atoms with E-state index in [9.17, 15) is 14.0 Å². The maximum absolute atomic E-state index is 14.4. The Morgan fingerprint density at radius 2 is 1.94 bits per heavy atom. The van der Waals surface area contributed by atoms with E-state index in [1.54, 1.807) is 37.4 Å². The standard InChI is InChI=1S/C26H27FN2O5S/c1-18(31)35-13-7-5-3-4-6-12-33-26-16-22-20(15-25(26)32-2)23(10-11-28-22)34-24-9-8-19(29-17-30)14-21(24)27/h4,6,8-11,14-17H,3,5,7,12-13H2,1-2H3,(H,29,30)/b6-4+. The number of hydrogen-bond acceptors (Lipinski definition) is 7. The van der Waals surface area contributed by atoms with Gasteiger partial charge in [-0.3, -0.25) is 14.6 Å². The Balaban J connectivity index is 1.66. The lowest BCUT2D eigenvalue weighted by molar-refractivity contribution is -0.109. The minimum absolute atomic E-state index is 0.0123. The highest BCUT2D eigenvalue weighted by atomic mass is 32.2. The van der Waals surface area contributed by atoms with E-state index < -0.39 is 5.82 Å². The predicted molar refractivity (Wildman–Crippen MR) is 136 cm³/mol. The molecule has 2 aromatic carbocycles. The number of ether oxygens (including phenoxy) is 3. The zero-order valence-electron chi connectivity index (χ0n) is 19.6. The Morgan fingerprint density at radius 1 is 1.09 bits per heavy atom. The average Bonchev–Trinajstić information content (AvgIpc) is 2.84. The van der Waals surface area contributed by atoms with Gasteiger partial charge in [-0.2, -0.15) is 0 Å². The molecule has 0 aliphatic rings. The van der Waals surface area contributed by atoms with E-state index in [4.69, 9.17) is 14.2 Å². The first-order valence-corrected chi connectivity index (χ1v) is 12.1. The van der Waals surface area contributed by atoms with Crippen LogP contribution in [0.2, 0.25) is 0 Å². The summed E-state index contributed by atoms with van der Waals surface area (Å²) in [7, 11) is 1.54. The molecule has 0 unspecified atom stereocenters. The zero-order chi connectivity index (χ0) is 25.0. The fourth-order valence-electron chi connectivity index (χ4n) is 3.25. The van der Waals surface area contributed by atoms with Gasteiger partial charge in [-0.15, -0.1) is 0 Å². The van der Waals surface area contributed by atoms with Gasteiger partial charge in [-0.1, -0.05) is 23.9 Å². The molecular formula is C26H27FN2O5S. The van der Waals surface area contributed by atoms with Crippen LogP contribution in [0, 0.1) is 5.82 Å². The highest BCUT2D eigenvalue weighted by Gasteiger charge is 2.13. The van der Waals surface area contributed by atoms with Crippen molar-refractivity contribution < 1.29 is 28.2 Å². The number of halogens is 1. The van der Waals surface area contributed by atoms with Gasteiger partial charge in [-0.05, 0) is 43.5 Å². The quantitative estimate of drug-likeness (QED) is 0.172. The second-order valence-electron chi connectivity index (χ2n) is 7.46. The third-order valence-electron chi connectivity index (χ3n) is 4.94. The minimum Gasteiger partial charge on any atom is -0.493 e. The molecule has 0 bridgehead atoms. The van der Waals surface area contributed by atoms with E-state index in [1.165, 1.54) is 31.0 Å². The zero-order valence-corrected chi connectivity index (χ0v) is 20.4. The minimum atomic E-state index is -0.613. The molecule has 1 N–H and O–H groups in total. The van der Waals surface area contributed by atoms with Crippen molar-refractivity contribution in [3.8, 4) is 23.0 Å². The Labute approximate surface area is 207 Å². The fourth-order valence-corrected chi connectivity index (χ4v) is 3.89. The molecule has 3 rings (SSSR count). The number of unbranched alkanes of at least 4 members (excludes halogenated alkanes) is 2. The number of carbonyl (C=O) groups is 2. The third kappa shape index (κ3) is 7.71. The Morgan fingerprint density at radius 3 is 2.69 bits per heavy atom. The van der Waals surface area contributed by atoms with Crippen LogP contribution in [0.5, 0.6) is 23.0 Å². The van der Waals surface area contributed by atoms with Crippen molar-refractivity contribution in [2.75, 3.05) is 24.8 Å². The number of pyridine rings is 1. The molecule has 184 valence electrons. The molecule has 1 heterocycles. The maximum Gasteiger partial charge on any atom is 0.211 e. The molecule has 0 saturated carbocycles. The van der Waals surface area contributed by atoms with Gasteiger partial charge in [-0.25, -0.2) is 4.39 Å². The molecule has 35 heavy (non-hydrogen) atoms. The van der Waals surface area contributed by atoms with Crippen molar-refractivity contribution in [3.05, 3.63) is 60.6 Å². The molecule has 0 radical (unpaired) electrons. The summed E-state index contributed by atoms with van der Waals surface area (Å²) in [5.74, 6) is 1.68. The molecule has 0 aliphatic heterocycles. The number of thioether (sulfide) groups is 1. The maximum atomic E-state index is 14.4. The molecule has 0 aliphatic carbocycles. The number of hydrogen-bond donors (Lipinski definition) is 1. The van der Waals surface area contributed by atoms with Crippen LogP contribution in [0.25, 0.3) is 10.9 Å². The number of anilines is 1. The molecule has 1 aromatic heterocycles. The number of allylic oxidation sites excluding steroid dienone is 1. The molecule has 7 nitrogen and oxygen atoms in total. The molecule has 3 aromatic rings. The number of nitrogens with one attached hydrogen (secondary N) is 1. The van der Waals surface area contributed by atoms with Crippen molar-refractivity contribution in [1.82, 2.24) is 4.98 Å². The number of methoxy groups -OCH3 is 1. The topological polar surface area (TPSA) is 86.8 Å². The van der Waals surface area contributed by atoms with Gasteiger partial charge in [0.15, 0.2) is 28.2 Å². The van der Waals surface area contributed by atoms with E-state index in [2.05, 4.69) is 16.4 Å². The predicted octanol–water partition coefficient (Wildman–Crippen LogP) is 6.13. The Hall–Kier alpha value is -3.59. The summed E-state index contributed by atoms with van der Waals surface area (Å²) in [6.07, 6.45) is 8.97. The molecular weight excluding hydrogens is 471 g/mol. The largest absolute Gasteiger partial charge is 0.493 e. The summed E-state index contributed by atoms with van der Waals surface area (Å²) in [6.45, 7) is 1.95. The van der Waals surface area contributed by atoms with E-state index in [-0.39, 0.29) is 10.9 Å². The summed E-state index contributed by atoms with van der Waals surface area (Å²) >= 11 is 1.36. The highest BCUT2D eigenvalue weighted by molar-refractivity contribution is 8.13. The van der Waals surface area contributed by atoms with Crippen LogP contribution in [0.3, 0.4) is 0 Å². The molecule has 0 spiro atoms. The van der Waals surface area contributed by atoms with Gasteiger partial charge in [0.05, 0.1) is 12.6 Å². The normalized spacial score (nSPS) is 10.9. The number of carbonyl (C=O) groups excluding carboxylic acids is 2. The van der Waals surface area contributed by atoms with Gasteiger partial charge >= 0.3 is 0 Å². The molecule has 1 amide bonds. The summed E-state index contributed by atoms with van der Waals surface area (Å²) in [5.41, 5.74) is 0.929. The van der Waals surface area contributed by atoms with E-state index in [1.807, 2.05) is 6.08 Å². The SMILES string of the molecule is COc1cc2c(Oc3ccc(NC=O)cc3F)ccnc2cc1OC/C=C/CCCCSC(C)=O. The van der Waals surface area contributed by atoms with E-state index >= 15 is 0 Å². The van der Waals surface area contributed by atoms with Crippen LogP contribution >= 0.6 is 11.8 Å². The monoisotopic (exact) mass is 498 g/mol. The van der Waals surface area contributed by atoms with Crippen molar-refractivity contribution in [2.24, 2.45) is 0 Å². The van der Waals surface area contributed by atoms with Crippen molar-refractivity contribution >= 4 is 39.9 Å². The molecule has 0 saturated heterocycles. The molecule has 0 atom stereocenters. The van der Waals surface area contributed by atoms with Crippen LogP contribution in [-0.4, -0.2) is 36.0 Å². The average molecular weight is 499 g/mol. The van der Waals surface area contributed by atoms with E-state index in [0.717, 1.165) is 25.0 Å². The summed E-state index contributed by atoms with van der Waals surface area (Å²) in [5, 5.41) is 3.18. The number of fused-ring (bicyclic) bond motifs is 1. The number of rotatable bonds is 13. The third-order valence-corrected chi connectivity index (χ3v) is 5.84. The Kier molecular flexibility index (Phi) is 9.92. The lowest BCUT2D eigenvalue weighted by atomic mass is 10.1. The second kappa shape index (κ2) is 13.3. The number of nitrogens with zero attached hydrogens (tertiary/aromatic N) is 1. The van der Waals surface area contributed by atoms with Gasteiger partial charge in [0, 0.05) is 42.1 Å². The first-order chi connectivity index (χ1) is 17.0. The van der Waals surface area contributed by atoms with E-state index in [0.29, 0.717) is 46.9 Å².